The lowest BCUT2D eigenvalue weighted by atomic mass is 10.1. The van der Waals surface area contributed by atoms with Gasteiger partial charge in [0.05, 0.1) is 12.2 Å². The summed E-state index contributed by atoms with van der Waals surface area (Å²) >= 11 is 0. The van der Waals surface area contributed by atoms with Crippen LogP contribution in [-0.2, 0) is 21.4 Å². The number of aliphatic carboxylic acids is 1. The van der Waals surface area contributed by atoms with Crippen molar-refractivity contribution in [1.29, 1.82) is 0 Å². The normalized spacial score (nSPS) is 11.4. The van der Waals surface area contributed by atoms with Crippen LogP contribution < -0.4 is 4.72 Å². The zero-order valence-corrected chi connectivity index (χ0v) is 10.3. The fourth-order valence-corrected chi connectivity index (χ4v) is 2.28. The van der Waals surface area contributed by atoms with Gasteiger partial charge in [0.15, 0.2) is 0 Å². The minimum atomic E-state index is -3.52. The van der Waals surface area contributed by atoms with Gasteiger partial charge in [-0.15, -0.1) is 0 Å². The molecule has 0 saturated carbocycles. The molecule has 0 spiro atoms. The van der Waals surface area contributed by atoms with Gasteiger partial charge in [-0.3, -0.25) is 4.79 Å². The van der Waals surface area contributed by atoms with E-state index in [9.17, 15) is 13.2 Å². The highest BCUT2D eigenvalue weighted by Crippen LogP contribution is 2.04. The fourth-order valence-electron chi connectivity index (χ4n) is 1.31. The molecular formula is C11H15NO4S. The standard InChI is InChI=1S/C11H15NO4S/c1-9-3-2-4-10(7-9)8-12-17(15,16)6-5-11(13)14/h2-4,7,12H,5-6,8H2,1H3,(H,13,14). The van der Waals surface area contributed by atoms with Crippen molar-refractivity contribution < 1.29 is 18.3 Å². The van der Waals surface area contributed by atoms with E-state index in [1.165, 1.54) is 0 Å². The molecule has 6 heteroatoms. The van der Waals surface area contributed by atoms with Gasteiger partial charge in [-0.2, -0.15) is 0 Å². The molecule has 2 N–H and O–H groups in total. The maximum Gasteiger partial charge on any atom is 0.304 e. The second-order valence-electron chi connectivity index (χ2n) is 3.77. The van der Waals surface area contributed by atoms with Crippen LogP contribution in [0.15, 0.2) is 24.3 Å². The van der Waals surface area contributed by atoms with Gasteiger partial charge >= 0.3 is 5.97 Å². The van der Waals surface area contributed by atoms with Crippen molar-refractivity contribution >= 4 is 16.0 Å². The lowest BCUT2D eigenvalue weighted by Gasteiger charge is -2.06. The molecule has 0 aliphatic rings. The third kappa shape index (κ3) is 5.46. The molecule has 0 radical (unpaired) electrons. The molecule has 0 unspecified atom stereocenters. The minimum Gasteiger partial charge on any atom is -0.481 e. The van der Waals surface area contributed by atoms with Crippen molar-refractivity contribution in [2.75, 3.05) is 5.75 Å². The molecule has 0 bridgehead atoms. The Morgan fingerprint density at radius 1 is 1.41 bits per heavy atom. The summed E-state index contributed by atoms with van der Waals surface area (Å²) in [6, 6.07) is 7.45. The number of hydrogen-bond donors (Lipinski definition) is 2. The molecule has 0 fully saturated rings. The predicted molar refractivity (Wildman–Crippen MR) is 64.1 cm³/mol. The number of carboxylic acids is 1. The van der Waals surface area contributed by atoms with E-state index in [0.717, 1.165) is 11.1 Å². The van der Waals surface area contributed by atoms with Gasteiger partial charge in [0.25, 0.3) is 0 Å². The molecule has 0 amide bonds. The highest BCUT2D eigenvalue weighted by molar-refractivity contribution is 7.89. The van der Waals surface area contributed by atoms with Gasteiger partial charge in [-0.05, 0) is 12.5 Å². The molecule has 0 heterocycles. The van der Waals surface area contributed by atoms with Gasteiger partial charge in [0.2, 0.25) is 10.0 Å². The SMILES string of the molecule is Cc1cccc(CNS(=O)(=O)CCC(=O)O)c1. The van der Waals surface area contributed by atoms with Crippen LogP contribution in [0.3, 0.4) is 0 Å². The van der Waals surface area contributed by atoms with E-state index < -0.39 is 21.7 Å². The molecule has 5 nitrogen and oxygen atoms in total. The Labute approximate surface area is 101 Å². The molecule has 1 aromatic rings. The van der Waals surface area contributed by atoms with Crippen molar-refractivity contribution in [3.05, 3.63) is 35.4 Å². The fraction of sp³-hybridized carbons (Fsp3) is 0.364. The molecule has 0 saturated heterocycles. The first kappa shape index (κ1) is 13.7. The summed E-state index contributed by atoms with van der Waals surface area (Å²) in [7, 11) is -3.52. The molecule has 94 valence electrons. The van der Waals surface area contributed by atoms with E-state index in [1.54, 1.807) is 0 Å². The number of nitrogens with one attached hydrogen (secondary N) is 1. The van der Waals surface area contributed by atoms with E-state index in [2.05, 4.69) is 4.72 Å². The van der Waals surface area contributed by atoms with Crippen molar-refractivity contribution in [2.45, 2.75) is 19.9 Å². The van der Waals surface area contributed by atoms with E-state index in [1.807, 2.05) is 31.2 Å². The lowest BCUT2D eigenvalue weighted by Crippen LogP contribution is -2.27. The van der Waals surface area contributed by atoms with Crippen LogP contribution in [0.25, 0.3) is 0 Å². The van der Waals surface area contributed by atoms with Gasteiger partial charge in [0.1, 0.15) is 0 Å². The van der Waals surface area contributed by atoms with Gasteiger partial charge in [-0.25, -0.2) is 13.1 Å². The van der Waals surface area contributed by atoms with E-state index in [4.69, 9.17) is 5.11 Å². The molecule has 0 aliphatic carbocycles. The van der Waals surface area contributed by atoms with E-state index >= 15 is 0 Å². The molecule has 0 atom stereocenters. The van der Waals surface area contributed by atoms with Crippen LogP contribution in [0, 0.1) is 6.92 Å². The maximum atomic E-state index is 11.4. The first-order valence-electron chi connectivity index (χ1n) is 5.14. The smallest absolute Gasteiger partial charge is 0.304 e. The Hall–Kier alpha value is -1.40. The summed E-state index contributed by atoms with van der Waals surface area (Å²) < 4.78 is 25.2. The van der Waals surface area contributed by atoms with Crippen molar-refractivity contribution in [3.8, 4) is 0 Å². The van der Waals surface area contributed by atoms with Crippen molar-refractivity contribution in [1.82, 2.24) is 4.72 Å². The number of sulfonamides is 1. The molecule has 0 aliphatic heterocycles. The zero-order valence-electron chi connectivity index (χ0n) is 9.51. The number of benzene rings is 1. The van der Waals surface area contributed by atoms with E-state index in [-0.39, 0.29) is 13.0 Å². The molecule has 17 heavy (non-hydrogen) atoms. The quantitative estimate of drug-likeness (QED) is 0.792. The third-order valence-corrected chi connectivity index (χ3v) is 3.49. The molecule has 1 aromatic carbocycles. The Balaban J connectivity index is 2.52. The number of hydrogen-bond acceptors (Lipinski definition) is 3. The Bertz CT molecular complexity index is 496. The van der Waals surface area contributed by atoms with Crippen LogP contribution in [-0.4, -0.2) is 25.2 Å². The van der Waals surface area contributed by atoms with Crippen molar-refractivity contribution in [3.63, 3.8) is 0 Å². The zero-order chi connectivity index (χ0) is 12.9. The van der Waals surface area contributed by atoms with Crippen molar-refractivity contribution in [2.24, 2.45) is 0 Å². The van der Waals surface area contributed by atoms with E-state index in [0.29, 0.717) is 0 Å². The van der Waals surface area contributed by atoms with Gasteiger partial charge < -0.3 is 5.11 Å². The average Bonchev–Trinajstić information content (AvgIpc) is 2.24. The summed E-state index contributed by atoms with van der Waals surface area (Å²) in [6.45, 7) is 2.10. The highest BCUT2D eigenvalue weighted by atomic mass is 32.2. The first-order chi connectivity index (χ1) is 7.89. The summed E-state index contributed by atoms with van der Waals surface area (Å²) in [5.41, 5.74) is 1.90. The van der Waals surface area contributed by atoms with Gasteiger partial charge in [-0.1, -0.05) is 29.8 Å². The largest absolute Gasteiger partial charge is 0.481 e. The summed E-state index contributed by atoms with van der Waals surface area (Å²) in [6.07, 6.45) is -0.386. The van der Waals surface area contributed by atoms with Crippen LogP contribution in [0.4, 0.5) is 0 Å². The highest BCUT2D eigenvalue weighted by Gasteiger charge is 2.12. The topological polar surface area (TPSA) is 83.5 Å². The second kappa shape index (κ2) is 5.79. The Morgan fingerprint density at radius 3 is 2.71 bits per heavy atom. The molecule has 1 rings (SSSR count). The number of carbonyl (C=O) groups is 1. The van der Waals surface area contributed by atoms with Crippen LogP contribution >= 0.6 is 0 Å². The summed E-state index contributed by atoms with van der Waals surface area (Å²) in [5.74, 6) is -1.51. The second-order valence-corrected chi connectivity index (χ2v) is 5.70. The predicted octanol–water partition coefficient (Wildman–Crippen LogP) is 0.889. The molecular weight excluding hydrogens is 242 g/mol. The first-order valence-corrected chi connectivity index (χ1v) is 6.79. The van der Waals surface area contributed by atoms with Crippen LogP contribution in [0.1, 0.15) is 17.5 Å². The molecule has 0 aromatic heterocycles. The van der Waals surface area contributed by atoms with Crippen LogP contribution in [0.2, 0.25) is 0 Å². The summed E-state index contributed by atoms with van der Waals surface area (Å²) in [5, 5.41) is 8.41. The Morgan fingerprint density at radius 2 is 2.12 bits per heavy atom. The maximum absolute atomic E-state index is 11.4. The number of aryl methyl sites for hydroxylation is 1. The lowest BCUT2D eigenvalue weighted by molar-refractivity contribution is -0.136. The monoisotopic (exact) mass is 257 g/mol. The van der Waals surface area contributed by atoms with Crippen LogP contribution in [0.5, 0.6) is 0 Å². The number of rotatable bonds is 6. The summed E-state index contributed by atoms with van der Waals surface area (Å²) in [4.78, 5) is 10.3. The van der Waals surface area contributed by atoms with Gasteiger partial charge in [0, 0.05) is 6.54 Å². The third-order valence-electron chi connectivity index (χ3n) is 2.16. The Kier molecular flexibility index (Phi) is 4.65. The minimum absolute atomic E-state index is 0.184. The number of carboxylic acid groups (broad SMARTS) is 1. The average molecular weight is 257 g/mol.